The Labute approximate surface area is 213 Å². The number of aliphatic hydroxyl groups excluding tert-OH is 2. The van der Waals surface area contributed by atoms with E-state index >= 15 is 0 Å². The summed E-state index contributed by atoms with van der Waals surface area (Å²) < 4.78 is 53.1. The highest BCUT2D eigenvalue weighted by molar-refractivity contribution is 7.92. The monoisotopic (exact) mass is 543 g/mol. The number of fused-ring (bicyclic) bond motifs is 2. The summed E-state index contributed by atoms with van der Waals surface area (Å²) in [5.74, 6) is -2.42. The summed E-state index contributed by atoms with van der Waals surface area (Å²) in [7, 11) is -3.56. The van der Waals surface area contributed by atoms with Crippen LogP contribution in [-0.2, 0) is 27.8 Å². The Bertz CT molecular complexity index is 1250. The number of hydrogen-bond acceptors (Lipinski definition) is 7. The van der Waals surface area contributed by atoms with Gasteiger partial charge in [0.05, 0.1) is 24.7 Å². The number of sulfonamides is 1. The largest absolute Gasteiger partial charge is 0.396 e. The van der Waals surface area contributed by atoms with Gasteiger partial charge in [-0.15, -0.1) is 11.3 Å². The number of carbonyl (C=O) groups excluding carboxylic acids is 1. The first-order chi connectivity index (χ1) is 16.7. The van der Waals surface area contributed by atoms with E-state index in [4.69, 9.17) is 0 Å². The molecule has 1 fully saturated rings. The van der Waals surface area contributed by atoms with E-state index in [-0.39, 0.29) is 42.1 Å². The topological polar surface area (TPSA) is 129 Å². The van der Waals surface area contributed by atoms with Crippen molar-refractivity contribution >= 4 is 32.4 Å². The summed E-state index contributed by atoms with van der Waals surface area (Å²) in [6.45, 7) is 3.58. The molecule has 12 heteroatoms. The summed E-state index contributed by atoms with van der Waals surface area (Å²) in [5, 5.41) is 24.0. The van der Waals surface area contributed by atoms with Crippen molar-refractivity contribution in [2.75, 3.05) is 17.6 Å². The molecule has 1 heterocycles. The van der Waals surface area contributed by atoms with Crippen molar-refractivity contribution in [3.8, 4) is 0 Å². The fourth-order valence-corrected chi connectivity index (χ4v) is 7.92. The lowest BCUT2D eigenvalue weighted by atomic mass is 9.47. The van der Waals surface area contributed by atoms with E-state index in [0.717, 1.165) is 29.3 Å². The number of carbonyl (C=O) groups is 1. The smallest absolute Gasteiger partial charge is 0.231 e. The number of benzene rings is 1. The lowest BCUT2D eigenvalue weighted by Gasteiger charge is -2.58. The van der Waals surface area contributed by atoms with Gasteiger partial charge in [-0.2, -0.15) is 0 Å². The number of halogens is 2. The quantitative estimate of drug-likeness (QED) is 0.425. The molecule has 0 bridgehead atoms. The first kappa shape index (κ1) is 26.9. The number of rotatable bonds is 7. The molecular weight excluding hydrogens is 512 g/mol. The average molecular weight is 544 g/mol. The van der Waals surface area contributed by atoms with Crippen LogP contribution in [-0.4, -0.2) is 48.5 Å². The van der Waals surface area contributed by atoms with Gasteiger partial charge in [0.15, 0.2) is 5.13 Å². The molecule has 4 N–H and O–H groups in total. The van der Waals surface area contributed by atoms with E-state index in [2.05, 4.69) is 15.0 Å². The van der Waals surface area contributed by atoms with Crippen molar-refractivity contribution in [2.24, 2.45) is 16.7 Å². The number of hydrogen-bond donors (Lipinski definition) is 4. The number of nitrogens with zero attached hydrogens (tertiary/aromatic N) is 1. The molecule has 1 aromatic carbocycles. The molecule has 2 aromatic rings. The molecule has 0 radical (unpaired) electrons. The van der Waals surface area contributed by atoms with Crippen LogP contribution < -0.4 is 10.0 Å². The molecule has 5 unspecified atom stereocenters. The zero-order valence-corrected chi connectivity index (χ0v) is 22.0. The van der Waals surface area contributed by atoms with Gasteiger partial charge in [0.1, 0.15) is 11.6 Å². The minimum Gasteiger partial charge on any atom is -0.396 e. The minimum absolute atomic E-state index is 0.0114. The number of anilines is 1. The third kappa shape index (κ3) is 5.13. The third-order valence-corrected chi connectivity index (χ3v) is 9.67. The summed E-state index contributed by atoms with van der Waals surface area (Å²) in [6, 6.07) is 3.06. The van der Waals surface area contributed by atoms with Crippen molar-refractivity contribution in [2.45, 2.75) is 58.1 Å². The zero-order chi connectivity index (χ0) is 26.5. The lowest BCUT2D eigenvalue weighted by molar-refractivity contribution is -0.144. The van der Waals surface area contributed by atoms with Crippen LogP contribution in [0.5, 0.6) is 0 Å². The number of aliphatic hydroxyl groups is 2. The van der Waals surface area contributed by atoms with Gasteiger partial charge in [0.25, 0.3) is 0 Å². The molecule has 0 aliphatic heterocycles. The van der Waals surface area contributed by atoms with E-state index in [1.54, 1.807) is 0 Å². The molecule has 4 rings (SSSR count). The van der Waals surface area contributed by atoms with Crippen LogP contribution in [0, 0.1) is 28.4 Å². The molecule has 0 spiro atoms. The van der Waals surface area contributed by atoms with Gasteiger partial charge in [-0.25, -0.2) is 22.2 Å². The van der Waals surface area contributed by atoms with Gasteiger partial charge in [-0.3, -0.25) is 9.52 Å². The molecule has 198 valence electrons. The summed E-state index contributed by atoms with van der Waals surface area (Å²) >= 11 is 1.19. The molecular formula is C24H31F2N3O5S2. The average Bonchev–Trinajstić information content (AvgIpc) is 3.16. The minimum atomic E-state index is -3.56. The highest BCUT2D eigenvalue weighted by atomic mass is 32.2. The normalized spacial score (nSPS) is 29.8. The molecule has 1 saturated carbocycles. The number of nitrogens with one attached hydrogen (secondary N) is 2. The summed E-state index contributed by atoms with van der Waals surface area (Å²) in [5.41, 5.74) is -0.403. The Kier molecular flexibility index (Phi) is 7.19. The molecule has 0 saturated heterocycles. The van der Waals surface area contributed by atoms with Crippen LogP contribution in [0.3, 0.4) is 0 Å². The van der Waals surface area contributed by atoms with Gasteiger partial charge < -0.3 is 15.5 Å². The Morgan fingerprint density at radius 1 is 1.25 bits per heavy atom. The summed E-state index contributed by atoms with van der Waals surface area (Å²) in [4.78, 5) is 18.5. The maximum absolute atomic E-state index is 13.5. The molecule has 1 amide bonds. The van der Waals surface area contributed by atoms with Crippen molar-refractivity contribution in [3.63, 3.8) is 0 Å². The van der Waals surface area contributed by atoms with Gasteiger partial charge in [-0.05, 0) is 48.3 Å². The Morgan fingerprint density at radius 3 is 2.53 bits per heavy atom. The van der Waals surface area contributed by atoms with Gasteiger partial charge in [-0.1, -0.05) is 13.8 Å². The first-order valence-electron chi connectivity index (χ1n) is 11.7. The second kappa shape index (κ2) is 9.62. The molecule has 8 nitrogen and oxygen atoms in total. The van der Waals surface area contributed by atoms with Gasteiger partial charge in [0, 0.05) is 35.2 Å². The van der Waals surface area contributed by atoms with Crippen LogP contribution >= 0.6 is 11.3 Å². The number of thiazole rings is 1. The van der Waals surface area contributed by atoms with Crippen LogP contribution in [0.25, 0.3) is 0 Å². The van der Waals surface area contributed by atoms with Crippen LogP contribution in [0.1, 0.15) is 55.2 Å². The van der Waals surface area contributed by atoms with E-state index in [1.165, 1.54) is 11.3 Å². The molecule has 36 heavy (non-hydrogen) atoms. The lowest BCUT2D eigenvalue weighted by Crippen LogP contribution is -2.57. The fraction of sp³-hybridized carbons (Fsp3) is 0.583. The maximum Gasteiger partial charge on any atom is 0.231 e. The fourth-order valence-electron chi connectivity index (χ4n) is 6.02. The van der Waals surface area contributed by atoms with E-state index in [1.807, 2.05) is 13.8 Å². The second-order valence-corrected chi connectivity index (χ2v) is 13.3. The summed E-state index contributed by atoms with van der Waals surface area (Å²) in [6.07, 6.45) is 1.85. The second-order valence-electron chi connectivity index (χ2n) is 10.5. The SMILES string of the molecule is CC1(CO)C(O)CCC2(C)C(CC(=O)NCc3cc(F)cc(F)c3)c3nc(NS(C)(=O)=O)sc3CC12. The maximum atomic E-state index is 13.5. The van der Waals surface area contributed by atoms with Crippen molar-refractivity contribution in [1.29, 1.82) is 0 Å². The van der Waals surface area contributed by atoms with E-state index < -0.39 is 44.5 Å². The Hall–Kier alpha value is -2.15. The third-order valence-electron chi connectivity index (χ3n) is 7.97. The highest BCUT2D eigenvalue weighted by Gasteiger charge is 2.59. The predicted octanol–water partition coefficient (Wildman–Crippen LogP) is 2.91. The van der Waals surface area contributed by atoms with E-state index in [0.29, 0.717) is 25.0 Å². The van der Waals surface area contributed by atoms with Crippen LogP contribution in [0.2, 0.25) is 0 Å². The van der Waals surface area contributed by atoms with Crippen LogP contribution in [0.4, 0.5) is 13.9 Å². The predicted molar refractivity (Wildman–Crippen MR) is 132 cm³/mol. The Balaban J connectivity index is 1.66. The first-order valence-corrected chi connectivity index (χ1v) is 14.4. The molecule has 2 aliphatic rings. The van der Waals surface area contributed by atoms with Crippen LogP contribution in [0.15, 0.2) is 18.2 Å². The van der Waals surface area contributed by atoms with Gasteiger partial charge in [0.2, 0.25) is 15.9 Å². The number of amides is 1. The zero-order valence-electron chi connectivity index (χ0n) is 20.3. The standard InChI is InChI=1S/C24H31F2N3O5S2/c1-23-5-4-19(31)24(2,12-30)18(23)10-17-21(28-22(35-17)29-36(3,33)34)16(23)9-20(32)27-11-13-6-14(25)8-15(26)7-13/h6-8,16,18-19,30-31H,4-5,9-12H2,1-3H3,(H,27,32)(H,28,29). The van der Waals surface area contributed by atoms with E-state index in [9.17, 15) is 32.2 Å². The molecule has 2 aliphatic carbocycles. The van der Waals surface area contributed by atoms with Crippen molar-refractivity contribution < 1.29 is 32.2 Å². The Morgan fingerprint density at radius 2 is 1.92 bits per heavy atom. The molecule has 5 atom stereocenters. The number of aromatic nitrogens is 1. The van der Waals surface area contributed by atoms with Crippen molar-refractivity contribution in [1.82, 2.24) is 10.3 Å². The van der Waals surface area contributed by atoms with Gasteiger partial charge >= 0.3 is 0 Å². The highest BCUT2D eigenvalue weighted by Crippen LogP contribution is 2.62. The van der Waals surface area contributed by atoms with Crippen molar-refractivity contribution in [3.05, 3.63) is 46.0 Å². The molecule has 1 aromatic heterocycles.